The lowest BCUT2D eigenvalue weighted by Gasteiger charge is -2.19. The van der Waals surface area contributed by atoms with Crippen molar-refractivity contribution in [1.82, 2.24) is 5.32 Å². The zero-order valence-electron chi connectivity index (χ0n) is 14.5. The molecule has 132 valence electrons. The number of nitrogens with one attached hydrogen (secondary N) is 1. The van der Waals surface area contributed by atoms with E-state index in [9.17, 15) is 0 Å². The van der Waals surface area contributed by atoms with Gasteiger partial charge in [-0.25, -0.2) is 0 Å². The van der Waals surface area contributed by atoms with Gasteiger partial charge < -0.3 is 20.5 Å². The van der Waals surface area contributed by atoms with E-state index in [1.807, 2.05) is 18.2 Å². The lowest BCUT2D eigenvalue weighted by atomic mass is 10.1. The molecule has 23 heavy (non-hydrogen) atoms. The third-order valence-corrected chi connectivity index (χ3v) is 4.58. The van der Waals surface area contributed by atoms with Gasteiger partial charge in [0.15, 0.2) is 17.5 Å². The van der Waals surface area contributed by atoms with Crippen LogP contribution >= 0.6 is 35.7 Å². The van der Waals surface area contributed by atoms with Crippen molar-refractivity contribution in [2.45, 2.75) is 25.0 Å². The highest BCUT2D eigenvalue weighted by atomic mass is 127. The fraction of sp³-hybridized carbons (Fsp3) is 0.562. The number of methoxy groups -OCH3 is 2. The van der Waals surface area contributed by atoms with E-state index in [0.29, 0.717) is 12.5 Å². The smallest absolute Gasteiger partial charge is 0.188 e. The molecule has 0 bridgehead atoms. The third-order valence-electron chi connectivity index (χ3n) is 3.35. The van der Waals surface area contributed by atoms with Gasteiger partial charge in [0.2, 0.25) is 0 Å². The number of benzene rings is 1. The van der Waals surface area contributed by atoms with Crippen LogP contribution in [0.3, 0.4) is 0 Å². The van der Waals surface area contributed by atoms with E-state index in [1.165, 1.54) is 0 Å². The summed E-state index contributed by atoms with van der Waals surface area (Å²) in [5.41, 5.74) is 7.04. The molecule has 0 aliphatic rings. The number of hydrogen-bond donors (Lipinski definition) is 2. The Labute approximate surface area is 160 Å². The van der Waals surface area contributed by atoms with Crippen molar-refractivity contribution in [3.05, 3.63) is 23.8 Å². The minimum atomic E-state index is 0. The minimum Gasteiger partial charge on any atom is -0.493 e. The molecule has 0 atom stereocenters. The van der Waals surface area contributed by atoms with Crippen molar-refractivity contribution in [2.24, 2.45) is 10.7 Å². The second-order valence-corrected chi connectivity index (χ2v) is 7.04. The van der Waals surface area contributed by atoms with E-state index in [0.717, 1.165) is 30.0 Å². The van der Waals surface area contributed by atoms with Crippen LogP contribution in [0.4, 0.5) is 0 Å². The van der Waals surface area contributed by atoms with Crippen LogP contribution in [0, 0.1) is 0 Å². The summed E-state index contributed by atoms with van der Waals surface area (Å²) in [5.74, 6) is 1.96. The zero-order chi connectivity index (χ0) is 16.6. The second kappa shape index (κ2) is 10.9. The number of rotatable bonds is 8. The van der Waals surface area contributed by atoms with Gasteiger partial charge in [0.05, 0.1) is 20.8 Å². The minimum absolute atomic E-state index is 0. The largest absolute Gasteiger partial charge is 0.493 e. The first kappa shape index (κ1) is 22.2. The van der Waals surface area contributed by atoms with Crippen molar-refractivity contribution < 1.29 is 9.47 Å². The summed E-state index contributed by atoms with van der Waals surface area (Å²) in [6.45, 7) is 5.73. The fourth-order valence-corrected chi connectivity index (χ4v) is 1.96. The van der Waals surface area contributed by atoms with Crippen LogP contribution in [0.1, 0.15) is 19.4 Å². The summed E-state index contributed by atoms with van der Waals surface area (Å²) in [4.78, 5) is 4.38. The van der Waals surface area contributed by atoms with Crippen molar-refractivity contribution in [3.8, 4) is 11.5 Å². The molecule has 1 rings (SSSR count). The van der Waals surface area contributed by atoms with E-state index in [2.05, 4.69) is 30.4 Å². The number of guanidine groups is 1. The summed E-state index contributed by atoms with van der Waals surface area (Å²) in [6, 6.07) is 5.91. The lowest BCUT2D eigenvalue weighted by Crippen LogP contribution is -2.34. The first-order valence-corrected chi connectivity index (χ1v) is 8.44. The molecule has 7 heteroatoms. The van der Waals surface area contributed by atoms with Crippen LogP contribution in [0.25, 0.3) is 0 Å². The van der Waals surface area contributed by atoms with Crippen molar-refractivity contribution in [1.29, 1.82) is 0 Å². The van der Waals surface area contributed by atoms with Crippen LogP contribution in [-0.2, 0) is 6.42 Å². The van der Waals surface area contributed by atoms with Crippen molar-refractivity contribution in [3.63, 3.8) is 0 Å². The summed E-state index contributed by atoms with van der Waals surface area (Å²) in [6.07, 6.45) is 2.92. The Morgan fingerprint density at radius 2 is 1.91 bits per heavy atom. The summed E-state index contributed by atoms with van der Waals surface area (Å²) >= 11 is 1.78. The lowest BCUT2D eigenvalue weighted by molar-refractivity contribution is 0.354. The van der Waals surface area contributed by atoms with E-state index in [4.69, 9.17) is 15.2 Å². The Kier molecular flexibility index (Phi) is 10.5. The van der Waals surface area contributed by atoms with E-state index >= 15 is 0 Å². The molecular formula is C16H28IN3O2S. The predicted octanol–water partition coefficient (Wildman–Crippen LogP) is 2.91. The zero-order valence-corrected chi connectivity index (χ0v) is 17.7. The molecule has 0 spiro atoms. The number of ether oxygens (including phenoxy) is 2. The Hall–Kier alpha value is -0.830. The molecule has 0 saturated heterocycles. The molecule has 0 radical (unpaired) electrons. The summed E-state index contributed by atoms with van der Waals surface area (Å²) < 4.78 is 10.6. The Bertz CT molecular complexity index is 510. The first-order chi connectivity index (χ1) is 10.4. The topological polar surface area (TPSA) is 68.9 Å². The van der Waals surface area contributed by atoms with Crippen LogP contribution in [0.2, 0.25) is 0 Å². The molecule has 3 N–H and O–H groups in total. The fourth-order valence-electron chi connectivity index (χ4n) is 1.77. The molecule has 1 aromatic rings. The van der Waals surface area contributed by atoms with E-state index in [1.54, 1.807) is 26.0 Å². The molecule has 5 nitrogen and oxygen atoms in total. The standard InChI is InChI=1S/C16H27N3O2S.HI/c1-16(2,22-5)11-19-15(17)18-9-8-12-6-7-13(20-3)14(10-12)21-4;/h6-7,10H,8-9,11H2,1-5H3,(H3,17,18,19);1H. The maximum Gasteiger partial charge on any atom is 0.188 e. The first-order valence-electron chi connectivity index (χ1n) is 7.21. The monoisotopic (exact) mass is 453 g/mol. The Balaban J connectivity index is 0.00000484. The quantitative estimate of drug-likeness (QED) is 0.360. The number of thioether (sulfide) groups is 1. The molecular weight excluding hydrogens is 425 g/mol. The molecule has 0 unspecified atom stereocenters. The van der Waals surface area contributed by atoms with Gasteiger partial charge in [-0.2, -0.15) is 11.8 Å². The normalized spacial score (nSPS) is 11.6. The second-order valence-electron chi connectivity index (χ2n) is 5.53. The number of aliphatic imine (C=N–C) groups is 1. The molecule has 0 heterocycles. The number of nitrogens with two attached hydrogens (primary N) is 1. The average molecular weight is 453 g/mol. The van der Waals surface area contributed by atoms with Gasteiger partial charge in [-0.15, -0.1) is 24.0 Å². The van der Waals surface area contributed by atoms with Crippen LogP contribution in [0.5, 0.6) is 11.5 Å². The Morgan fingerprint density at radius 1 is 1.26 bits per heavy atom. The number of halogens is 1. The van der Waals surface area contributed by atoms with E-state index in [-0.39, 0.29) is 28.7 Å². The maximum absolute atomic E-state index is 5.89. The van der Waals surface area contributed by atoms with Crippen LogP contribution in [0.15, 0.2) is 23.2 Å². The maximum atomic E-state index is 5.89. The highest BCUT2D eigenvalue weighted by molar-refractivity contribution is 14.0. The SMILES string of the molecule is COc1ccc(CCNC(N)=NCC(C)(C)SC)cc1OC.I. The van der Waals surface area contributed by atoms with Crippen LogP contribution in [-0.4, -0.2) is 44.3 Å². The van der Waals surface area contributed by atoms with Gasteiger partial charge in [0, 0.05) is 11.3 Å². The van der Waals surface area contributed by atoms with Gasteiger partial charge in [-0.1, -0.05) is 6.07 Å². The molecule has 0 amide bonds. The highest BCUT2D eigenvalue weighted by Crippen LogP contribution is 2.27. The molecule has 1 aromatic carbocycles. The van der Waals surface area contributed by atoms with Crippen LogP contribution < -0.4 is 20.5 Å². The van der Waals surface area contributed by atoms with E-state index < -0.39 is 0 Å². The van der Waals surface area contributed by atoms with Crippen molar-refractivity contribution >= 4 is 41.7 Å². The van der Waals surface area contributed by atoms with Gasteiger partial charge in [0.25, 0.3) is 0 Å². The summed E-state index contributed by atoms with van der Waals surface area (Å²) in [5, 5.41) is 3.14. The predicted molar refractivity (Wildman–Crippen MR) is 111 cm³/mol. The molecule has 0 saturated carbocycles. The average Bonchev–Trinajstić information content (AvgIpc) is 2.52. The molecule has 0 fully saturated rings. The van der Waals surface area contributed by atoms with Gasteiger partial charge in [-0.05, 0) is 44.2 Å². The molecule has 0 aliphatic heterocycles. The summed E-state index contributed by atoms with van der Waals surface area (Å²) in [7, 11) is 3.27. The molecule has 0 aromatic heterocycles. The van der Waals surface area contributed by atoms with Gasteiger partial charge in [-0.3, -0.25) is 4.99 Å². The highest BCUT2D eigenvalue weighted by Gasteiger charge is 2.14. The molecule has 0 aliphatic carbocycles. The number of nitrogens with zero attached hydrogens (tertiary/aromatic N) is 1. The van der Waals surface area contributed by atoms with Crippen molar-refractivity contribution in [2.75, 3.05) is 33.6 Å². The third kappa shape index (κ3) is 8.01. The Morgan fingerprint density at radius 3 is 2.48 bits per heavy atom. The van der Waals surface area contributed by atoms with Gasteiger partial charge >= 0.3 is 0 Å². The number of hydrogen-bond acceptors (Lipinski definition) is 4. The van der Waals surface area contributed by atoms with Gasteiger partial charge in [0.1, 0.15) is 0 Å².